The van der Waals surface area contributed by atoms with E-state index in [-0.39, 0.29) is 6.61 Å². The first-order valence-corrected chi connectivity index (χ1v) is 5.56. The van der Waals surface area contributed by atoms with Crippen LogP contribution >= 0.6 is 0 Å². The molecule has 1 aliphatic carbocycles. The number of fused-ring (bicyclic) bond motifs is 1. The number of rotatable bonds is 3. The van der Waals surface area contributed by atoms with Crippen LogP contribution in [0.1, 0.15) is 18.4 Å². The molecule has 1 aliphatic rings. The summed E-state index contributed by atoms with van der Waals surface area (Å²) in [5.41, 5.74) is 2.31. The Kier molecular flexibility index (Phi) is 2.03. The molecule has 0 amide bonds. The van der Waals surface area contributed by atoms with Crippen molar-refractivity contribution in [3.05, 3.63) is 36.0 Å². The Morgan fingerprint density at radius 3 is 2.80 bits per heavy atom. The van der Waals surface area contributed by atoms with Crippen LogP contribution in [0.2, 0.25) is 0 Å². The molecule has 0 radical (unpaired) electrons. The lowest BCUT2D eigenvalue weighted by molar-refractivity contribution is 0.283. The quantitative estimate of drug-likeness (QED) is 0.811. The lowest BCUT2D eigenvalue weighted by Gasteiger charge is -2.02. The average Bonchev–Trinajstić information content (AvgIpc) is 3.01. The van der Waals surface area contributed by atoms with E-state index in [9.17, 15) is 5.11 Å². The molecule has 0 unspecified atom stereocenters. The zero-order chi connectivity index (χ0) is 10.3. The second-order valence-corrected chi connectivity index (χ2v) is 4.43. The molecule has 0 saturated heterocycles. The fraction of sp³-hybridized carbons (Fsp3) is 0.385. The van der Waals surface area contributed by atoms with E-state index in [0.29, 0.717) is 0 Å². The third kappa shape index (κ3) is 1.55. The molecular formula is C13H15NO. The minimum atomic E-state index is 0.137. The standard InChI is InChI=1S/C13H15NO/c15-9-11-8-14(7-10-5-6-10)13-4-2-1-3-12(11)13/h1-4,8,10,15H,5-7,9H2. The zero-order valence-electron chi connectivity index (χ0n) is 8.69. The van der Waals surface area contributed by atoms with Crippen molar-refractivity contribution in [2.45, 2.75) is 26.0 Å². The van der Waals surface area contributed by atoms with Gasteiger partial charge in [-0.05, 0) is 24.8 Å². The molecular weight excluding hydrogens is 186 g/mol. The normalized spacial score (nSPS) is 16.1. The molecule has 1 fully saturated rings. The summed E-state index contributed by atoms with van der Waals surface area (Å²) in [6.07, 6.45) is 4.82. The summed E-state index contributed by atoms with van der Waals surface area (Å²) in [5.74, 6) is 0.868. The van der Waals surface area contributed by atoms with Crippen LogP contribution in [0.3, 0.4) is 0 Å². The molecule has 15 heavy (non-hydrogen) atoms. The second-order valence-electron chi connectivity index (χ2n) is 4.43. The van der Waals surface area contributed by atoms with Gasteiger partial charge in [0.05, 0.1) is 6.61 Å². The van der Waals surface area contributed by atoms with Gasteiger partial charge in [0.2, 0.25) is 0 Å². The van der Waals surface area contributed by atoms with Gasteiger partial charge in [-0.3, -0.25) is 0 Å². The van der Waals surface area contributed by atoms with E-state index < -0.39 is 0 Å². The fourth-order valence-electron chi connectivity index (χ4n) is 2.18. The van der Waals surface area contributed by atoms with Crippen LogP contribution in [0.25, 0.3) is 10.9 Å². The fourth-order valence-corrected chi connectivity index (χ4v) is 2.18. The van der Waals surface area contributed by atoms with Crippen molar-refractivity contribution in [2.24, 2.45) is 5.92 Å². The van der Waals surface area contributed by atoms with Gasteiger partial charge in [0.1, 0.15) is 0 Å². The Balaban J connectivity index is 2.11. The van der Waals surface area contributed by atoms with Gasteiger partial charge in [0.25, 0.3) is 0 Å². The third-order valence-corrected chi connectivity index (χ3v) is 3.19. The molecule has 3 rings (SSSR count). The van der Waals surface area contributed by atoms with Gasteiger partial charge in [-0.25, -0.2) is 0 Å². The summed E-state index contributed by atoms with van der Waals surface area (Å²) in [6.45, 7) is 1.25. The van der Waals surface area contributed by atoms with Gasteiger partial charge in [0, 0.05) is 29.2 Å². The van der Waals surface area contributed by atoms with E-state index in [1.54, 1.807) is 0 Å². The maximum Gasteiger partial charge on any atom is 0.0702 e. The van der Waals surface area contributed by atoms with Crippen molar-refractivity contribution in [3.8, 4) is 0 Å². The summed E-state index contributed by atoms with van der Waals surface area (Å²) < 4.78 is 2.29. The zero-order valence-corrected chi connectivity index (χ0v) is 8.69. The average molecular weight is 201 g/mol. The van der Waals surface area contributed by atoms with Crippen molar-refractivity contribution in [2.75, 3.05) is 0 Å². The first-order chi connectivity index (χ1) is 7.38. The second kappa shape index (κ2) is 3.38. The highest BCUT2D eigenvalue weighted by atomic mass is 16.3. The van der Waals surface area contributed by atoms with Crippen LogP contribution in [0.4, 0.5) is 0 Å². The summed E-state index contributed by atoms with van der Waals surface area (Å²) in [4.78, 5) is 0. The maximum atomic E-state index is 9.29. The maximum absolute atomic E-state index is 9.29. The van der Waals surface area contributed by atoms with Crippen molar-refractivity contribution < 1.29 is 5.11 Å². The van der Waals surface area contributed by atoms with Crippen LogP contribution in [0.5, 0.6) is 0 Å². The summed E-state index contributed by atoms with van der Waals surface area (Å²) in [5, 5.41) is 10.5. The molecule has 1 aromatic carbocycles. The van der Waals surface area contributed by atoms with E-state index in [1.165, 1.54) is 23.7 Å². The van der Waals surface area contributed by atoms with Crippen LogP contribution in [-0.4, -0.2) is 9.67 Å². The highest BCUT2D eigenvalue weighted by Gasteiger charge is 2.22. The van der Waals surface area contributed by atoms with Crippen molar-refractivity contribution >= 4 is 10.9 Å². The number of benzene rings is 1. The molecule has 2 heteroatoms. The van der Waals surface area contributed by atoms with Crippen LogP contribution in [0, 0.1) is 5.92 Å². The molecule has 1 saturated carbocycles. The first kappa shape index (κ1) is 8.98. The predicted molar refractivity (Wildman–Crippen MR) is 60.6 cm³/mol. The Labute approximate surface area is 89.1 Å². The molecule has 78 valence electrons. The lowest BCUT2D eigenvalue weighted by atomic mass is 10.2. The molecule has 0 aliphatic heterocycles. The van der Waals surface area contributed by atoms with Gasteiger partial charge in [-0.2, -0.15) is 0 Å². The minimum absolute atomic E-state index is 0.137. The highest BCUT2D eigenvalue weighted by molar-refractivity contribution is 5.83. The molecule has 0 bridgehead atoms. The van der Waals surface area contributed by atoms with Crippen LogP contribution in [-0.2, 0) is 13.2 Å². The summed E-state index contributed by atoms with van der Waals surface area (Å²) in [6, 6.07) is 8.32. The van der Waals surface area contributed by atoms with Gasteiger partial charge >= 0.3 is 0 Å². The molecule has 0 spiro atoms. The molecule has 2 aromatic rings. The number of hydrogen-bond acceptors (Lipinski definition) is 1. The lowest BCUT2D eigenvalue weighted by Crippen LogP contribution is -1.97. The highest BCUT2D eigenvalue weighted by Crippen LogP contribution is 2.32. The topological polar surface area (TPSA) is 25.2 Å². The van der Waals surface area contributed by atoms with Crippen molar-refractivity contribution in [3.63, 3.8) is 0 Å². The molecule has 0 atom stereocenters. The Morgan fingerprint density at radius 2 is 2.07 bits per heavy atom. The van der Waals surface area contributed by atoms with Gasteiger partial charge < -0.3 is 9.67 Å². The smallest absolute Gasteiger partial charge is 0.0702 e. The van der Waals surface area contributed by atoms with Gasteiger partial charge in [0.15, 0.2) is 0 Å². The summed E-state index contributed by atoms with van der Waals surface area (Å²) >= 11 is 0. The van der Waals surface area contributed by atoms with Crippen LogP contribution < -0.4 is 0 Å². The number of hydrogen-bond donors (Lipinski definition) is 1. The van der Waals surface area contributed by atoms with E-state index in [1.807, 2.05) is 6.07 Å². The Morgan fingerprint density at radius 1 is 1.27 bits per heavy atom. The molecule has 1 N–H and O–H groups in total. The monoisotopic (exact) mass is 201 g/mol. The van der Waals surface area contributed by atoms with E-state index in [0.717, 1.165) is 18.0 Å². The third-order valence-electron chi connectivity index (χ3n) is 3.19. The first-order valence-electron chi connectivity index (χ1n) is 5.56. The Hall–Kier alpha value is -1.28. The van der Waals surface area contributed by atoms with E-state index in [4.69, 9.17) is 0 Å². The number of nitrogens with zero attached hydrogens (tertiary/aromatic N) is 1. The van der Waals surface area contributed by atoms with Gasteiger partial charge in [-0.1, -0.05) is 18.2 Å². The Bertz CT molecular complexity index is 482. The minimum Gasteiger partial charge on any atom is -0.392 e. The van der Waals surface area contributed by atoms with E-state index >= 15 is 0 Å². The largest absolute Gasteiger partial charge is 0.392 e. The molecule has 2 nitrogen and oxygen atoms in total. The SMILES string of the molecule is OCc1cn(CC2CC2)c2ccccc12. The molecule has 1 aromatic heterocycles. The summed E-state index contributed by atoms with van der Waals surface area (Å²) in [7, 11) is 0. The van der Waals surface area contributed by atoms with Crippen molar-refractivity contribution in [1.29, 1.82) is 0 Å². The number of aromatic nitrogens is 1. The van der Waals surface area contributed by atoms with Crippen LogP contribution in [0.15, 0.2) is 30.5 Å². The number of aliphatic hydroxyl groups excluding tert-OH is 1. The van der Waals surface area contributed by atoms with Crippen molar-refractivity contribution in [1.82, 2.24) is 4.57 Å². The number of para-hydroxylation sites is 1. The van der Waals surface area contributed by atoms with E-state index in [2.05, 4.69) is 29.0 Å². The predicted octanol–water partition coefficient (Wildman–Crippen LogP) is 2.54. The van der Waals surface area contributed by atoms with Gasteiger partial charge in [-0.15, -0.1) is 0 Å². The molecule has 1 heterocycles. The number of aliphatic hydroxyl groups is 1.